The van der Waals surface area contributed by atoms with E-state index in [1.807, 2.05) is 0 Å². The number of anilines is 1. The summed E-state index contributed by atoms with van der Waals surface area (Å²) < 4.78 is 45.9. The molecular weight excluding hydrogens is 413 g/mol. The highest BCUT2D eigenvalue weighted by Gasteiger charge is 2.40. The van der Waals surface area contributed by atoms with Gasteiger partial charge < -0.3 is 10.1 Å². The van der Waals surface area contributed by atoms with Crippen LogP contribution in [0, 0.1) is 0 Å². The van der Waals surface area contributed by atoms with Crippen molar-refractivity contribution in [3.05, 3.63) is 58.1 Å². The highest BCUT2D eigenvalue weighted by atomic mass is 79.9. The maximum atomic E-state index is 13.5. The van der Waals surface area contributed by atoms with E-state index < -0.39 is 12.2 Å². The van der Waals surface area contributed by atoms with Crippen molar-refractivity contribution in [2.24, 2.45) is 0 Å². The molecule has 2 rings (SSSR count). The van der Waals surface area contributed by atoms with Crippen LogP contribution in [0.5, 0.6) is 5.75 Å². The summed E-state index contributed by atoms with van der Waals surface area (Å²) in [4.78, 5) is 11.0. The Morgan fingerprint density at radius 2 is 1.85 bits per heavy atom. The minimum Gasteiger partial charge on any atom is -0.496 e. The normalized spacial score (nSPS) is 12.5. The number of hydrogen-bond donors (Lipinski definition) is 2. The van der Waals surface area contributed by atoms with Gasteiger partial charge in [0, 0.05) is 19.2 Å². The number of amides is 1. The average molecular weight is 431 g/mol. The molecule has 0 spiro atoms. The minimum absolute atomic E-state index is 0.0220. The molecule has 0 aliphatic rings. The van der Waals surface area contributed by atoms with E-state index in [1.165, 1.54) is 32.2 Å². The number of carbonyl (C=O) groups excluding carboxylic acids is 1. The summed E-state index contributed by atoms with van der Waals surface area (Å²) in [7, 11) is 1.45. The molecule has 8 heteroatoms. The summed E-state index contributed by atoms with van der Waals surface area (Å²) in [6.07, 6.45) is -4.45. The summed E-state index contributed by atoms with van der Waals surface area (Å²) in [5.41, 5.74) is 1.34. The van der Waals surface area contributed by atoms with Gasteiger partial charge in [0.15, 0.2) is 0 Å². The molecule has 1 amide bonds. The molecule has 0 aliphatic carbocycles. The second kappa shape index (κ2) is 8.55. The number of halogens is 4. The number of hydrogen-bond acceptors (Lipinski definition) is 3. The molecule has 2 aromatic carbocycles. The third-order valence-electron chi connectivity index (χ3n) is 3.62. The Kier molecular flexibility index (Phi) is 6.66. The van der Waals surface area contributed by atoms with Crippen LogP contribution in [0.15, 0.2) is 46.9 Å². The number of nitrogens with one attached hydrogen (secondary N) is 2. The molecule has 0 radical (unpaired) electrons. The Balaban J connectivity index is 2.14. The van der Waals surface area contributed by atoms with Gasteiger partial charge in [-0.1, -0.05) is 18.2 Å². The van der Waals surface area contributed by atoms with Crippen molar-refractivity contribution in [1.29, 1.82) is 0 Å². The van der Waals surface area contributed by atoms with Crippen LogP contribution < -0.4 is 15.4 Å². The number of ether oxygens (including phenoxy) is 1. The van der Waals surface area contributed by atoms with E-state index in [2.05, 4.69) is 26.6 Å². The van der Waals surface area contributed by atoms with E-state index in [-0.39, 0.29) is 18.0 Å². The van der Waals surface area contributed by atoms with Crippen LogP contribution in [0.4, 0.5) is 18.9 Å². The summed E-state index contributed by atoms with van der Waals surface area (Å²) >= 11 is 3.21. The molecule has 1 atom stereocenters. The van der Waals surface area contributed by atoms with Gasteiger partial charge in [0.2, 0.25) is 5.91 Å². The summed E-state index contributed by atoms with van der Waals surface area (Å²) in [6, 6.07) is 9.06. The van der Waals surface area contributed by atoms with Crippen molar-refractivity contribution in [1.82, 2.24) is 5.32 Å². The van der Waals surface area contributed by atoms with Gasteiger partial charge in [-0.25, -0.2) is 0 Å². The quantitative estimate of drug-likeness (QED) is 0.691. The maximum absolute atomic E-state index is 13.5. The molecule has 2 aromatic rings. The van der Waals surface area contributed by atoms with Crippen LogP contribution >= 0.6 is 15.9 Å². The van der Waals surface area contributed by atoms with E-state index in [0.717, 1.165) is 0 Å². The first-order valence-electron chi connectivity index (χ1n) is 7.70. The Labute approximate surface area is 157 Å². The molecule has 0 unspecified atom stereocenters. The molecule has 26 heavy (non-hydrogen) atoms. The first kappa shape index (κ1) is 20.3. The highest BCUT2D eigenvalue weighted by Crippen LogP contribution is 2.36. The predicted octanol–water partition coefficient (Wildman–Crippen LogP) is 4.81. The van der Waals surface area contributed by atoms with E-state index >= 15 is 0 Å². The first-order valence-corrected chi connectivity index (χ1v) is 8.50. The fourth-order valence-corrected chi connectivity index (χ4v) is 2.97. The summed E-state index contributed by atoms with van der Waals surface area (Å²) in [5, 5.41) is 5.15. The second-order valence-corrected chi connectivity index (χ2v) is 6.48. The summed E-state index contributed by atoms with van der Waals surface area (Å²) in [5.74, 6) is 0.251. The molecule has 2 N–H and O–H groups in total. The van der Waals surface area contributed by atoms with Gasteiger partial charge in [-0.3, -0.25) is 10.1 Å². The van der Waals surface area contributed by atoms with Crippen LogP contribution in [0.25, 0.3) is 0 Å². The van der Waals surface area contributed by atoms with Gasteiger partial charge in [-0.15, -0.1) is 0 Å². The number of methoxy groups -OCH3 is 1. The minimum atomic E-state index is -4.45. The number of rotatable bonds is 6. The zero-order valence-corrected chi connectivity index (χ0v) is 15.7. The lowest BCUT2D eigenvalue weighted by atomic mass is 10.1. The van der Waals surface area contributed by atoms with Crippen LogP contribution in [0.3, 0.4) is 0 Å². The molecule has 0 saturated heterocycles. The van der Waals surface area contributed by atoms with Gasteiger partial charge in [-0.05, 0) is 51.3 Å². The zero-order valence-electron chi connectivity index (χ0n) is 14.2. The lowest BCUT2D eigenvalue weighted by Crippen LogP contribution is -2.33. The van der Waals surface area contributed by atoms with Crippen LogP contribution in [-0.2, 0) is 11.3 Å². The monoisotopic (exact) mass is 430 g/mol. The molecule has 4 nitrogen and oxygen atoms in total. The molecule has 0 saturated carbocycles. The average Bonchev–Trinajstić information content (AvgIpc) is 2.55. The SMILES string of the molecule is COc1ccc([C@H](NCc2ccc(NC(C)=O)cc2)C(F)(F)F)cc1Br. The standard InChI is InChI=1S/C18H18BrF3N2O2/c1-11(25)24-14-6-3-12(4-7-14)10-23-17(18(20,21)22)13-5-8-16(26-2)15(19)9-13/h3-9,17,23H,10H2,1-2H3,(H,24,25)/t17-/m0/s1. The zero-order chi connectivity index (χ0) is 19.3. The second-order valence-electron chi connectivity index (χ2n) is 5.63. The van der Waals surface area contributed by atoms with E-state index in [4.69, 9.17) is 4.74 Å². The van der Waals surface area contributed by atoms with Crippen LogP contribution in [-0.4, -0.2) is 19.2 Å². The molecule has 0 aliphatic heterocycles. The number of benzene rings is 2. The molecule has 0 bridgehead atoms. The Hall–Kier alpha value is -2.06. The topological polar surface area (TPSA) is 50.4 Å². The molecule has 0 heterocycles. The fourth-order valence-electron chi connectivity index (χ4n) is 2.41. The number of alkyl halides is 3. The Morgan fingerprint density at radius 1 is 1.19 bits per heavy atom. The largest absolute Gasteiger partial charge is 0.496 e. The molecular formula is C18H18BrF3N2O2. The van der Waals surface area contributed by atoms with Crippen molar-refractivity contribution in [2.45, 2.75) is 25.7 Å². The fraction of sp³-hybridized carbons (Fsp3) is 0.278. The van der Waals surface area contributed by atoms with Gasteiger partial charge in [0.1, 0.15) is 11.8 Å². The third kappa shape index (κ3) is 5.47. The Bertz CT molecular complexity index is 764. The smallest absolute Gasteiger partial charge is 0.407 e. The number of carbonyl (C=O) groups is 1. The first-order chi connectivity index (χ1) is 12.2. The van der Waals surface area contributed by atoms with E-state index in [9.17, 15) is 18.0 Å². The summed E-state index contributed by atoms with van der Waals surface area (Å²) in [6.45, 7) is 1.41. The van der Waals surface area contributed by atoms with Crippen molar-refractivity contribution in [2.75, 3.05) is 12.4 Å². The third-order valence-corrected chi connectivity index (χ3v) is 4.24. The van der Waals surface area contributed by atoms with Gasteiger partial charge in [0.25, 0.3) is 0 Å². The molecule has 140 valence electrons. The molecule has 0 aromatic heterocycles. The van der Waals surface area contributed by atoms with Gasteiger partial charge in [-0.2, -0.15) is 13.2 Å². The van der Waals surface area contributed by atoms with Crippen LogP contribution in [0.1, 0.15) is 24.1 Å². The maximum Gasteiger partial charge on any atom is 0.407 e. The van der Waals surface area contributed by atoms with Gasteiger partial charge in [0.05, 0.1) is 11.6 Å². The van der Waals surface area contributed by atoms with Gasteiger partial charge >= 0.3 is 6.18 Å². The van der Waals surface area contributed by atoms with Crippen molar-refractivity contribution >= 4 is 27.5 Å². The van der Waals surface area contributed by atoms with Crippen LogP contribution in [0.2, 0.25) is 0 Å². The van der Waals surface area contributed by atoms with E-state index in [1.54, 1.807) is 24.3 Å². The molecule has 0 fully saturated rings. The van der Waals surface area contributed by atoms with Crippen molar-refractivity contribution in [3.8, 4) is 5.75 Å². The van der Waals surface area contributed by atoms with Crippen molar-refractivity contribution < 1.29 is 22.7 Å². The Morgan fingerprint density at radius 3 is 2.35 bits per heavy atom. The lowest BCUT2D eigenvalue weighted by molar-refractivity contribution is -0.158. The predicted molar refractivity (Wildman–Crippen MR) is 97.1 cm³/mol. The lowest BCUT2D eigenvalue weighted by Gasteiger charge is -2.23. The van der Waals surface area contributed by atoms with E-state index in [0.29, 0.717) is 21.5 Å². The highest BCUT2D eigenvalue weighted by molar-refractivity contribution is 9.10. The van der Waals surface area contributed by atoms with Crippen molar-refractivity contribution in [3.63, 3.8) is 0 Å².